The van der Waals surface area contributed by atoms with Crippen LogP contribution in [0.1, 0.15) is 32.3 Å². The van der Waals surface area contributed by atoms with Gasteiger partial charge in [0.1, 0.15) is 5.82 Å². The molecule has 0 radical (unpaired) electrons. The van der Waals surface area contributed by atoms with Crippen LogP contribution < -0.4 is 10.2 Å². The Morgan fingerprint density at radius 2 is 1.93 bits per heavy atom. The van der Waals surface area contributed by atoms with E-state index in [-0.39, 0.29) is 6.09 Å². The Morgan fingerprint density at radius 1 is 1.19 bits per heavy atom. The highest BCUT2D eigenvalue weighted by Gasteiger charge is 2.23. The Hall–Kier alpha value is -2.83. The summed E-state index contributed by atoms with van der Waals surface area (Å²) in [6.07, 6.45) is 1.51. The number of benzene rings is 1. The molecular formula is C20H27N5O2. The number of carbonyl (C=O) groups is 1. The SMILES string of the molecule is CCOC(=O)N1CCN(c2nccc(Nc3ccccc3C(C)C)n2)CC1. The average molecular weight is 369 g/mol. The monoisotopic (exact) mass is 369 g/mol. The molecule has 2 heterocycles. The maximum Gasteiger partial charge on any atom is 0.409 e. The molecule has 2 aromatic rings. The molecule has 1 aliphatic heterocycles. The number of hydrogen-bond acceptors (Lipinski definition) is 6. The minimum absolute atomic E-state index is 0.251. The van der Waals surface area contributed by atoms with E-state index >= 15 is 0 Å². The van der Waals surface area contributed by atoms with Crippen LogP contribution in [0.15, 0.2) is 36.5 Å². The summed E-state index contributed by atoms with van der Waals surface area (Å²) in [6, 6.07) is 10.1. The van der Waals surface area contributed by atoms with Gasteiger partial charge in [0.05, 0.1) is 6.61 Å². The molecule has 27 heavy (non-hydrogen) atoms. The number of ether oxygens (including phenoxy) is 1. The van der Waals surface area contributed by atoms with Gasteiger partial charge in [-0.3, -0.25) is 0 Å². The Morgan fingerprint density at radius 3 is 2.63 bits per heavy atom. The number of rotatable bonds is 5. The van der Waals surface area contributed by atoms with E-state index in [0.717, 1.165) is 11.5 Å². The van der Waals surface area contributed by atoms with Crippen molar-refractivity contribution in [2.45, 2.75) is 26.7 Å². The number of nitrogens with zero attached hydrogens (tertiary/aromatic N) is 4. The Labute approximate surface area is 160 Å². The zero-order valence-electron chi connectivity index (χ0n) is 16.2. The van der Waals surface area contributed by atoms with Crippen molar-refractivity contribution < 1.29 is 9.53 Å². The summed E-state index contributed by atoms with van der Waals surface area (Å²) in [5, 5.41) is 3.41. The summed E-state index contributed by atoms with van der Waals surface area (Å²) < 4.78 is 5.07. The molecule has 1 saturated heterocycles. The van der Waals surface area contributed by atoms with Crippen molar-refractivity contribution in [3.63, 3.8) is 0 Å². The molecule has 1 aromatic carbocycles. The summed E-state index contributed by atoms with van der Waals surface area (Å²) >= 11 is 0. The Balaban J connectivity index is 1.68. The minimum Gasteiger partial charge on any atom is -0.450 e. The van der Waals surface area contributed by atoms with Crippen molar-refractivity contribution >= 4 is 23.5 Å². The van der Waals surface area contributed by atoms with Crippen molar-refractivity contribution in [2.75, 3.05) is 43.0 Å². The smallest absolute Gasteiger partial charge is 0.409 e. The molecule has 0 atom stereocenters. The van der Waals surface area contributed by atoms with Crippen LogP contribution in [0.4, 0.5) is 22.2 Å². The van der Waals surface area contributed by atoms with Crippen molar-refractivity contribution in [3.8, 4) is 0 Å². The topological polar surface area (TPSA) is 70.6 Å². The highest BCUT2D eigenvalue weighted by Crippen LogP contribution is 2.26. The van der Waals surface area contributed by atoms with Gasteiger partial charge in [0.25, 0.3) is 0 Å². The molecule has 7 heteroatoms. The van der Waals surface area contributed by atoms with Crippen molar-refractivity contribution in [2.24, 2.45) is 0 Å². The lowest BCUT2D eigenvalue weighted by molar-refractivity contribution is 0.105. The van der Waals surface area contributed by atoms with E-state index in [4.69, 9.17) is 4.74 Å². The summed E-state index contributed by atoms with van der Waals surface area (Å²) in [5.74, 6) is 1.86. The lowest BCUT2D eigenvalue weighted by Crippen LogP contribution is -2.49. The molecule has 0 aliphatic carbocycles. The van der Waals surface area contributed by atoms with Crippen LogP contribution in [-0.4, -0.2) is 53.7 Å². The van der Waals surface area contributed by atoms with E-state index in [1.807, 2.05) is 19.1 Å². The molecule has 1 aliphatic rings. The molecule has 0 spiro atoms. The molecule has 144 valence electrons. The quantitative estimate of drug-likeness (QED) is 0.868. The fourth-order valence-electron chi connectivity index (χ4n) is 3.13. The van der Waals surface area contributed by atoms with E-state index < -0.39 is 0 Å². The molecule has 0 unspecified atom stereocenters. The Bertz CT molecular complexity index is 772. The molecule has 1 N–H and O–H groups in total. The van der Waals surface area contributed by atoms with Gasteiger partial charge < -0.3 is 19.9 Å². The standard InChI is InChI=1S/C20H27N5O2/c1-4-27-20(26)25-13-11-24(12-14-25)19-21-10-9-18(23-19)22-17-8-6-5-7-16(17)15(2)3/h5-10,15H,4,11-14H2,1-3H3,(H,21,22,23). The number of amides is 1. The zero-order chi connectivity index (χ0) is 19.2. The molecule has 1 amide bonds. The van der Waals surface area contributed by atoms with Gasteiger partial charge in [0, 0.05) is 38.1 Å². The first-order valence-corrected chi connectivity index (χ1v) is 9.44. The van der Waals surface area contributed by atoms with E-state index in [0.29, 0.717) is 44.7 Å². The number of anilines is 3. The van der Waals surface area contributed by atoms with Crippen LogP contribution in [0.2, 0.25) is 0 Å². The number of piperazine rings is 1. The third kappa shape index (κ3) is 4.67. The van der Waals surface area contributed by atoms with Crippen LogP contribution in [-0.2, 0) is 4.74 Å². The number of nitrogens with one attached hydrogen (secondary N) is 1. The predicted molar refractivity (Wildman–Crippen MR) is 107 cm³/mol. The number of aromatic nitrogens is 2. The summed E-state index contributed by atoms with van der Waals surface area (Å²) in [7, 11) is 0. The highest BCUT2D eigenvalue weighted by atomic mass is 16.6. The number of carbonyl (C=O) groups excluding carboxylic acids is 1. The molecule has 1 aromatic heterocycles. The van der Waals surface area contributed by atoms with Gasteiger partial charge in [-0.05, 0) is 30.5 Å². The van der Waals surface area contributed by atoms with Crippen LogP contribution in [0.5, 0.6) is 0 Å². The maximum atomic E-state index is 11.8. The predicted octanol–water partition coefficient (Wildman–Crippen LogP) is 3.62. The second kappa shape index (κ2) is 8.70. The molecule has 3 rings (SSSR count). The third-order valence-electron chi connectivity index (χ3n) is 4.58. The van der Waals surface area contributed by atoms with Gasteiger partial charge in [-0.2, -0.15) is 4.98 Å². The molecule has 1 fully saturated rings. The lowest BCUT2D eigenvalue weighted by atomic mass is 10.0. The van der Waals surface area contributed by atoms with E-state index in [1.54, 1.807) is 11.1 Å². The second-order valence-corrected chi connectivity index (χ2v) is 6.78. The second-order valence-electron chi connectivity index (χ2n) is 6.78. The summed E-state index contributed by atoms with van der Waals surface area (Å²) in [5.41, 5.74) is 2.31. The van der Waals surface area contributed by atoms with E-state index in [2.05, 4.69) is 52.2 Å². The van der Waals surface area contributed by atoms with Gasteiger partial charge in [-0.25, -0.2) is 9.78 Å². The van der Waals surface area contributed by atoms with Gasteiger partial charge in [-0.15, -0.1) is 0 Å². The van der Waals surface area contributed by atoms with Crippen LogP contribution in [0, 0.1) is 0 Å². The minimum atomic E-state index is -0.251. The largest absolute Gasteiger partial charge is 0.450 e. The molecule has 0 bridgehead atoms. The van der Waals surface area contributed by atoms with Gasteiger partial charge >= 0.3 is 6.09 Å². The lowest BCUT2D eigenvalue weighted by Gasteiger charge is -2.34. The number of hydrogen-bond donors (Lipinski definition) is 1. The summed E-state index contributed by atoms with van der Waals surface area (Å²) in [4.78, 5) is 24.7. The molecule has 0 saturated carbocycles. The van der Waals surface area contributed by atoms with E-state index in [9.17, 15) is 4.79 Å². The van der Waals surface area contributed by atoms with Gasteiger partial charge in [0.2, 0.25) is 5.95 Å². The first-order valence-electron chi connectivity index (χ1n) is 9.44. The maximum absolute atomic E-state index is 11.8. The van der Waals surface area contributed by atoms with E-state index in [1.165, 1.54) is 5.56 Å². The fourth-order valence-corrected chi connectivity index (χ4v) is 3.13. The zero-order valence-corrected chi connectivity index (χ0v) is 16.2. The molecule has 7 nitrogen and oxygen atoms in total. The van der Waals surface area contributed by atoms with Crippen molar-refractivity contribution in [1.82, 2.24) is 14.9 Å². The van der Waals surface area contributed by atoms with Crippen LogP contribution >= 0.6 is 0 Å². The first-order chi connectivity index (χ1) is 13.1. The van der Waals surface area contributed by atoms with Gasteiger partial charge in [0.15, 0.2) is 0 Å². The van der Waals surface area contributed by atoms with Crippen molar-refractivity contribution in [3.05, 3.63) is 42.1 Å². The van der Waals surface area contributed by atoms with Crippen molar-refractivity contribution in [1.29, 1.82) is 0 Å². The first kappa shape index (κ1) is 18.9. The Kier molecular flexibility index (Phi) is 6.11. The number of para-hydroxylation sites is 1. The van der Waals surface area contributed by atoms with Crippen LogP contribution in [0.25, 0.3) is 0 Å². The average Bonchev–Trinajstić information content (AvgIpc) is 2.69. The molecular weight excluding hydrogens is 342 g/mol. The normalized spacial score (nSPS) is 14.4. The van der Waals surface area contributed by atoms with Gasteiger partial charge in [-0.1, -0.05) is 32.0 Å². The highest BCUT2D eigenvalue weighted by molar-refractivity contribution is 5.68. The fraction of sp³-hybridized carbons (Fsp3) is 0.450. The van der Waals surface area contributed by atoms with Crippen LogP contribution in [0.3, 0.4) is 0 Å². The summed E-state index contributed by atoms with van der Waals surface area (Å²) in [6.45, 7) is 9.15. The third-order valence-corrected chi connectivity index (χ3v) is 4.58.